The van der Waals surface area contributed by atoms with Gasteiger partial charge < -0.3 is 10.5 Å². The highest BCUT2D eigenvalue weighted by Crippen LogP contribution is 2.65. The maximum Gasteiger partial charge on any atom is 0.267 e. The molecule has 3 unspecified atom stereocenters. The van der Waals surface area contributed by atoms with Crippen LogP contribution in [0.3, 0.4) is 0 Å². The van der Waals surface area contributed by atoms with E-state index < -0.39 is 29.3 Å². The third kappa shape index (κ3) is 2.48. The van der Waals surface area contributed by atoms with Gasteiger partial charge in [-0.1, -0.05) is 6.42 Å². The Kier molecular flexibility index (Phi) is 4.08. The molecule has 7 heteroatoms. The number of aromatic nitrogens is 1. The van der Waals surface area contributed by atoms with Crippen LogP contribution in [0.5, 0.6) is 0 Å². The number of nitrogens with two attached hydrogens (primary N) is 1. The van der Waals surface area contributed by atoms with Crippen LogP contribution in [-0.2, 0) is 10.3 Å². The van der Waals surface area contributed by atoms with E-state index in [9.17, 15) is 13.6 Å². The molecule has 1 aromatic heterocycles. The molecule has 0 aromatic carbocycles. The fraction of sp³-hybridized carbons (Fsp3) is 0.714. The molecule has 152 valence electrons. The lowest BCUT2D eigenvalue weighted by Crippen LogP contribution is -2.60. The molecule has 1 aromatic rings. The number of halogens is 2. The van der Waals surface area contributed by atoms with Gasteiger partial charge >= 0.3 is 0 Å². The van der Waals surface area contributed by atoms with E-state index in [4.69, 9.17) is 10.5 Å². The Morgan fingerprint density at radius 3 is 2.46 bits per heavy atom. The molecule has 1 aliphatic heterocycles. The Hall–Kier alpha value is -1.60. The van der Waals surface area contributed by atoms with Crippen LogP contribution >= 0.6 is 0 Å². The number of ether oxygens (including phenoxy) is 1. The first-order chi connectivity index (χ1) is 13.4. The zero-order chi connectivity index (χ0) is 19.7. The molecule has 4 fully saturated rings. The smallest absolute Gasteiger partial charge is 0.267 e. The van der Waals surface area contributed by atoms with Crippen molar-refractivity contribution in [2.24, 2.45) is 29.4 Å². The van der Waals surface area contributed by atoms with Crippen molar-refractivity contribution < 1.29 is 18.3 Å². The Morgan fingerprint density at radius 1 is 1.25 bits per heavy atom. The highest BCUT2D eigenvalue weighted by atomic mass is 19.3. The van der Waals surface area contributed by atoms with E-state index in [1.807, 2.05) is 6.07 Å². The number of hydrogen-bond acceptors (Lipinski definition) is 4. The summed E-state index contributed by atoms with van der Waals surface area (Å²) in [4.78, 5) is 18.2. The number of likely N-dealkylation sites (tertiary alicyclic amines) is 1. The van der Waals surface area contributed by atoms with Crippen LogP contribution in [-0.4, -0.2) is 48.0 Å². The number of pyridine rings is 1. The molecule has 2 N–H and O–H groups in total. The third-order valence-corrected chi connectivity index (χ3v) is 7.96. The van der Waals surface area contributed by atoms with Crippen molar-refractivity contribution in [2.45, 2.75) is 49.7 Å². The lowest BCUT2D eigenvalue weighted by Gasteiger charge is -2.56. The summed E-state index contributed by atoms with van der Waals surface area (Å²) in [5.41, 5.74) is 6.20. The van der Waals surface area contributed by atoms with Crippen LogP contribution in [0.1, 0.15) is 48.2 Å². The predicted molar refractivity (Wildman–Crippen MR) is 98.8 cm³/mol. The lowest BCUT2D eigenvalue weighted by atomic mass is 9.62. The maximum absolute atomic E-state index is 13.6. The number of methoxy groups -OCH3 is 1. The van der Waals surface area contributed by atoms with Crippen molar-refractivity contribution in [2.75, 3.05) is 20.2 Å². The standard InChI is InChI=1S/C21H27F2N3O2/c1-28-20(12-5-6-25-18(7-12)19(24)27)13-3-2-4-14(20)11-26(10-13)15-8-16-17(9-15)21(16,22)23/h5-7,13-17H,2-4,8-11H2,1H3,(H2,24,27)/t13?,14?,15-,16+,17?,20?/m0/s1. The van der Waals surface area contributed by atoms with Crippen LogP contribution in [0.2, 0.25) is 0 Å². The van der Waals surface area contributed by atoms with Crippen molar-refractivity contribution in [1.29, 1.82) is 0 Å². The molecule has 5 nitrogen and oxygen atoms in total. The molecule has 3 aliphatic carbocycles. The summed E-state index contributed by atoms with van der Waals surface area (Å²) < 4.78 is 33.5. The SMILES string of the molecule is COC1(c2ccnc(C(N)=O)c2)C2CCCC1CN([C@@H]1CC3[C@@H](C1)C3(F)F)C2. The second-order valence-electron chi connectivity index (χ2n) is 9.08. The zero-order valence-corrected chi connectivity index (χ0v) is 16.1. The van der Waals surface area contributed by atoms with Gasteiger partial charge in [-0.05, 0) is 43.4 Å². The van der Waals surface area contributed by atoms with E-state index in [0.717, 1.165) is 37.9 Å². The van der Waals surface area contributed by atoms with Crippen LogP contribution in [0.4, 0.5) is 8.78 Å². The number of carbonyl (C=O) groups is 1. The zero-order valence-electron chi connectivity index (χ0n) is 16.1. The lowest BCUT2D eigenvalue weighted by molar-refractivity contribution is -0.175. The highest BCUT2D eigenvalue weighted by molar-refractivity contribution is 5.90. The molecule has 5 atom stereocenters. The van der Waals surface area contributed by atoms with Crippen molar-refractivity contribution in [1.82, 2.24) is 9.88 Å². The molecule has 2 heterocycles. The molecule has 5 rings (SSSR count). The van der Waals surface area contributed by atoms with Crippen LogP contribution in [0.15, 0.2) is 18.3 Å². The molecule has 0 radical (unpaired) electrons. The molecular weight excluding hydrogens is 364 g/mol. The van der Waals surface area contributed by atoms with Gasteiger partial charge in [0.2, 0.25) is 0 Å². The Labute approximate surface area is 163 Å². The number of amides is 1. The first kappa shape index (κ1) is 18.4. The molecule has 2 bridgehead atoms. The van der Waals surface area contributed by atoms with Crippen LogP contribution in [0.25, 0.3) is 0 Å². The number of alkyl halides is 2. The van der Waals surface area contributed by atoms with Crippen molar-refractivity contribution in [3.63, 3.8) is 0 Å². The Morgan fingerprint density at radius 2 is 1.89 bits per heavy atom. The van der Waals surface area contributed by atoms with E-state index in [1.54, 1.807) is 19.4 Å². The largest absolute Gasteiger partial charge is 0.373 e. The summed E-state index contributed by atoms with van der Waals surface area (Å²) in [6.45, 7) is 1.71. The summed E-state index contributed by atoms with van der Waals surface area (Å²) in [6, 6.07) is 3.98. The fourth-order valence-electron chi connectivity index (χ4n) is 6.58. The summed E-state index contributed by atoms with van der Waals surface area (Å²) in [6.07, 6.45) is 6.09. The van der Waals surface area contributed by atoms with Crippen molar-refractivity contribution >= 4 is 5.91 Å². The average Bonchev–Trinajstić information content (AvgIpc) is 3.01. The van der Waals surface area contributed by atoms with E-state index in [2.05, 4.69) is 9.88 Å². The molecular formula is C21H27F2N3O2. The van der Waals surface area contributed by atoms with Gasteiger partial charge in [0.25, 0.3) is 11.8 Å². The summed E-state index contributed by atoms with van der Waals surface area (Å²) in [7, 11) is 1.75. The topological polar surface area (TPSA) is 68.5 Å². The van der Waals surface area contributed by atoms with Gasteiger partial charge in [-0.2, -0.15) is 0 Å². The molecule has 1 amide bonds. The van der Waals surface area contributed by atoms with Crippen LogP contribution in [0, 0.1) is 23.7 Å². The maximum atomic E-state index is 13.6. The molecule has 28 heavy (non-hydrogen) atoms. The van der Waals surface area contributed by atoms with Gasteiger partial charge in [0, 0.05) is 56.1 Å². The first-order valence-corrected chi connectivity index (χ1v) is 10.3. The van der Waals surface area contributed by atoms with Gasteiger partial charge in [0.1, 0.15) is 11.3 Å². The number of fused-ring (bicyclic) bond motifs is 3. The highest BCUT2D eigenvalue weighted by Gasteiger charge is 2.72. The second kappa shape index (κ2) is 6.20. The van der Waals surface area contributed by atoms with E-state index in [-0.39, 0.29) is 23.6 Å². The minimum absolute atomic E-state index is 0.257. The first-order valence-electron chi connectivity index (χ1n) is 10.3. The normalized spacial score (nSPS) is 41.5. The summed E-state index contributed by atoms with van der Waals surface area (Å²) in [5.74, 6) is -3.21. The number of rotatable bonds is 4. The number of nitrogens with zero attached hydrogens (tertiary/aromatic N) is 2. The Balaban J connectivity index is 1.42. The molecule has 3 saturated carbocycles. The fourth-order valence-corrected chi connectivity index (χ4v) is 6.58. The van der Waals surface area contributed by atoms with Gasteiger partial charge in [-0.15, -0.1) is 0 Å². The number of primary amides is 1. The van der Waals surface area contributed by atoms with E-state index in [1.165, 1.54) is 0 Å². The summed E-state index contributed by atoms with van der Waals surface area (Å²) >= 11 is 0. The number of piperidine rings is 1. The average molecular weight is 391 g/mol. The quantitative estimate of drug-likeness (QED) is 0.857. The van der Waals surface area contributed by atoms with E-state index in [0.29, 0.717) is 12.8 Å². The molecule has 1 saturated heterocycles. The van der Waals surface area contributed by atoms with Crippen molar-refractivity contribution in [3.05, 3.63) is 29.6 Å². The van der Waals surface area contributed by atoms with E-state index >= 15 is 0 Å². The van der Waals surface area contributed by atoms with Crippen LogP contribution < -0.4 is 5.73 Å². The second-order valence-corrected chi connectivity index (χ2v) is 9.08. The monoisotopic (exact) mass is 391 g/mol. The minimum atomic E-state index is -2.42. The van der Waals surface area contributed by atoms with Gasteiger partial charge in [-0.25, -0.2) is 8.78 Å². The van der Waals surface area contributed by atoms with Gasteiger partial charge in [0.05, 0.1) is 0 Å². The minimum Gasteiger partial charge on any atom is -0.373 e. The number of hydrogen-bond donors (Lipinski definition) is 1. The summed E-state index contributed by atoms with van der Waals surface area (Å²) in [5, 5.41) is 0. The Bertz CT molecular complexity index is 774. The van der Waals surface area contributed by atoms with Crippen molar-refractivity contribution in [3.8, 4) is 0 Å². The predicted octanol–water partition coefficient (Wildman–Crippen LogP) is 2.80. The third-order valence-electron chi connectivity index (χ3n) is 7.96. The molecule has 0 spiro atoms. The van der Waals surface area contributed by atoms with Gasteiger partial charge in [0.15, 0.2) is 0 Å². The van der Waals surface area contributed by atoms with Gasteiger partial charge in [-0.3, -0.25) is 14.7 Å². The number of carbonyl (C=O) groups excluding carboxylic acids is 1. The molecule has 4 aliphatic rings.